The van der Waals surface area contributed by atoms with Crippen molar-refractivity contribution < 1.29 is 5.11 Å². The third-order valence-corrected chi connectivity index (χ3v) is 3.85. The van der Waals surface area contributed by atoms with Gasteiger partial charge in [0.05, 0.1) is 6.10 Å². The minimum absolute atomic E-state index is 0.137. The van der Waals surface area contributed by atoms with Crippen molar-refractivity contribution in [2.24, 2.45) is 10.8 Å². The lowest BCUT2D eigenvalue weighted by molar-refractivity contribution is -0.0794. The zero-order valence-electron chi connectivity index (χ0n) is 10.4. The Bertz CT molecular complexity index is 219. The fourth-order valence-electron chi connectivity index (χ4n) is 3.09. The molecular weight excluding hydrogens is 186 g/mol. The summed E-state index contributed by atoms with van der Waals surface area (Å²) in [6.45, 7) is 9.96. The predicted molar refractivity (Wildman–Crippen MR) is 62.8 cm³/mol. The van der Waals surface area contributed by atoms with Crippen LogP contribution in [0.15, 0.2) is 0 Å². The molecule has 1 aliphatic carbocycles. The number of aliphatic hydroxyl groups is 1. The molecule has 2 aliphatic rings. The van der Waals surface area contributed by atoms with Crippen LogP contribution in [-0.4, -0.2) is 35.7 Å². The molecule has 2 fully saturated rings. The van der Waals surface area contributed by atoms with Crippen molar-refractivity contribution in [3.8, 4) is 0 Å². The Balaban J connectivity index is 1.66. The zero-order chi connectivity index (χ0) is 11.1. The maximum absolute atomic E-state index is 9.94. The molecule has 1 heterocycles. The van der Waals surface area contributed by atoms with Gasteiger partial charge in [0, 0.05) is 19.6 Å². The van der Waals surface area contributed by atoms with Gasteiger partial charge in [0.1, 0.15) is 0 Å². The van der Waals surface area contributed by atoms with E-state index >= 15 is 0 Å². The van der Waals surface area contributed by atoms with Crippen LogP contribution in [0.2, 0.25) is 0 Å². The van der Waals surface area contributed by atoms with Crippen LogP contribution in [0.1, 0.15) is 46.5 Å². The van der Waals surface area contributed by atoms with Gasteiger partial charge in [-0.25, -0.2) is 0 Å². The lowest BCUT2D eigenvalue weighted by Crippen LogP contribution is -2.61. The SMILES string of the molecule is CC(C)(C)CC(O)CN1CC2(CCC2)C1. The van der Waals surface area contributed by atoms with Gasteiger partial charge in [0.15, 0.2) is 0 Å². The number of likely N-dealkylation sites (tertiary alicyclic amines) is 1. The van der Waals surface area contributed by atoms with Crippen LogP contribution in [0.4, 0.5) is 0 Å². The van der Waals surface area contributed by atoms with Gasteiger partial charge < -0.3 is 5.11 Å². The van der Waals surface area contributed by atoms with Crippen LogP contribution >= 0.6 is 0 Å². The minimum atomic E-state index is -0.137. The second-order valence-corrected chi connectivity index (χ2v) is 6.94. The fraction of sp³-hybridized carbons (Fsp3) is 1.00. The molecule has 0 amide bonds. The number of nitrogens with zero attached hydrogens (tertiary/aromatic N) is 1. The molecule has 0 radical (unpaired) electrons. The molecule has 2 heteroatoms. The third-order valence-electron chi connectivity index (χ3n) is 3.85. The Kier molecular flexibility index (Phi) is 2.85. The van der Waals surface area contributed by atoms with E-state index in [1.165, 1.54) is 32.4 Å². The Hall–Kier alpha value is -0.0800. The summed E-state index contributed by atoms with van der Waals surface area (Å²) in [6.07, 6.45) is 5.06. The first-order valence-corrected chi connectivity index (χ1v) is 6.29. The highest BCUT2D eigenvalue weighted by Crippen LogP contribution is 2.48. The molecule has 2 rings (SSSR count). The average molecular weight is 211 g/mol. The molecule has 1 saturated carbocycles. The number of hydrogen-bond acceptors (Lipinski definition) is 2. The molecule has 0 aromatic rings. The van der Waals surface area contributed by atoms with E-state index < -0.39 is 0 Å². The Morgan fingerprint density at radius 2 is 1.87 bits per heavy atom. The third kappa shape index (κ3) is 2.73. The van der Waals surface area contributed by atoms with Crippen molar-refractivity contribution in [3.05, 3.63) is 0 Å². The lowest BCUT2D eigenvalue weighted by atomic mass is 9.63. The molecule has 1 atom stereocenters. The second-order valence-electron chi connectivity index (χ2n) is 6.94. The summed E-state index contributed by atoms with van der Waals surface area (Å²) in [7, 11) is 0. The van der Waals surface area contributed by atoms with Gasteiger partial charge in [-0.15, -0.1) is 0 Å². The number of aliphatic hydroxyl groups excluding tert-OH is 1. The van der Waals surface area contributed by atoms with Crippen molar-refractivity contribution in [2.45, 2.75) is 52.6 Å². The lowest BCUT2D eigenvalue weighted by Gasteiger charge is -2.56. The average Bonchev–Trinajstić information content (AvgIpc) is 1.87. The van der Waals surface area contributed by atoms with Gasteiger partial charge in [-0.1, -0.05) is 27.2 Å². The summed E-state index contributed by atoms with van der Waals surface area (Å²) in [5, 5.41) is 9.94. The number of rotatable bonds is 3. The summed E-state index contributed by atoms with van der Waals surface area (Å²) < 4.78 is 0. The maximum Gasteiger partial charge on any atom is 0.0672 e. The molecule has 2 nitrogen and oxygen atoms in total. The van der Waals surface area contributed by atoms with E-state index in [4.69, 9.17) is 0 Å². The van der Waals surface area contributed by atoms with E-state index in [0.29, 0.717) is 5.41 Å². The molecule has 0 bridgehead atoms. The van der Waals surface area contributed by atoms with Crippen LogP contribution in [0, 0.1) is 10.8 Å². The van der Waals surface area contributed by atoms with Crippen LogP contribution in [0.5, 0.6) is 0 Å². The van der Waals surface area contributed by atoms with Gasteiger partial charge in [-0.2, -0.15) is 0 Å². The monoisotopic (exact) mass is 211 g/mol. The van der Waals surface area contributed by atoms with Gasteiger partial charge in [-0.3, -0.25) is 4.90 Å². The minimum Gasteiger partial charge on any atom is -0.392 e. The van der Waals surface area contributed by atoms with E-state index in [2.05, 4.69) is 25.7 Å². The highest BCUT2D eigenvalue weighted by atomic mass is 16.3. The Labute approximate surface area is 93.7 Å². The largest absolute Gasteiger partial charge is 0.392 e. The van der Waals surface area contributed by atoms with Crippen molar-refractivity contribution in [2.75, 3.05) is 19.6 Å². The van der Waals surface area contributed by atoms with Crippen molar-refractivity contribution in [1.82, 2.24) is 4.90 Å². The molecule has 88 valence electrons. The fourth-order valence-corrected chi connectivity index (χ4v) is 3.09. The van der Waals surface area contributed by atoms with Crippen molar-refractivity contribution >= 4 is 0 Å². The highest BCUT2D eigenvalue weighted by molar-refractivity contribution is 5.00. The van der Waals surface area contributed by atoms with Crippen LogP contribution < -0.4 is 0 Å². The van der Waals surface area contributed by atoms with Crippen molar-refractivity contribution in [1.29, 1.82) is 0 Å². The zero-order valence-corrected chi connectivity index (χ0v) is 10.4. The Morgan fingerprint density at radius 1 is 1.27 bits per heavy atom. The summed E-state index contributed by atoms with van der Waals surface area (Å²) >= 11 is 0. The van der Waals surface area contributed by atoms with E-state index in [9.17, 15) is 5.11 Å². The second kappa shape index (κ2) is 3.74. The van der Waals surface area contributed by atoms with Gasteiger partial charge in [0.25, 0.3) is 0 Å². The molecule has 1 saturated heterocycles. The molecule has 1 aliphatic heterocycles. The first-order chi connectivity index (χ1) is 6.89. The van der Waals surface area contributed by atoms with Crippen molar-refractivity contribution in [3.63, 3.8) is 0 Å². The highest BCUT2D eigenvalue weighted by Gasteiger charge is 2.47. The molecule has 0 aromatic carbocycles. The predicted octanol–water partition coefficient (Wildman–Crippen LogP) is 2.27. The summed E-state index contributed by atoms with van der Waals surface area (Å²) in [5.74, 6) is 0. The molecule has 1 N–H and O–H groups in total. The first kappa shape index (κ1) is 11.4. The number of β-amino-alcohol motifs (C(OH)–C–C–N with tert-alkyl or cyclic N) is 1. The Morgan fingerprint density at radius 3 is 2.27 bits per heavy atom. The summed E-state index contributed by atoms with van der Waals surface area (Å²) in [6, 6.07) is 0. The van der Waals surface area contributed by atoms with E-state index in [0.717, 1.165) is 13.0 Å². The molecule has 0 aromatic heterocycles. The van der Waals surface area contributed by atoms with E-state index in [-0.39, 0.29) is 11.5 Å². The van der Waals surface area contributed by atoms with E-state index in [1.807, 2.05) is 0 Å². The molecule has 1 unspecified atom stereocenters. The van der Waals surface area contributed by atoms with Crippen LogP contribution in [0.25, 0.3) is 0 Å². The van der Waals surface area contributed by atoms with Crippen LogP contribution in [-0.2, 0) is 0 Å². The van der Waals surface area contributed by atoms with Gasteiger partial charge in [0.2, 0.25) is 0 Å². The van der Waals surface area contributed by atoms with Gasteiger partial charge >= 0.3 is 0 Å². The molecular formula is C13H25NO. The summed E-state index contributed by atoms with van der Waals surface area (Å²) in [4.78, 5) is 2.43. The normalized spacial score (nSPS) is 27.2. The van der Waals surface area contributed by atoms with Crippen LogP contribution in [0.3, 0.4) is 0 Å². The maximum atomic E-state index is 9.94. The quantitative estimate of drug-likeness (QED) is 0.774. The topological polar surface area (TPSA) is 23.5 Å². The summed E-state index contributed by atoms with van der Waals surface area (Å²) in [5.41, 5.74) is 0.944. The first-order valence-electron chi connectivity index (χ1n) is 6.29. The molecule has 1 spiro atoms. The smallest absolute Gasteiger partial charge is 0.0672 e. The number of hydrogen-bond donors (Lipinski definition) is 1. The standard InChI is InChI=1S/C13H25NO/c1-12(2,3)7-11(15)8-14-9-13(10-14)5-4-6-13/h11,15H,4-10H2,1-3H3. The van der Waals surface area contributed by atoms with E-state index in [1.54, 1.807) is 0 Å². The molecule has 15 heavy (non-hydrogen) atoms. The van der Waals surface area contributed by atoms with Gasteiger partial charge in [-0.05, 0) is 30.1 Å².